The number of aromatic nitrogens is 6. The monoisotopic (exact) mass is 1510 g/mol. The largest absolute Gasteiger partial charge is 0.481 e. The summed E-state index contributed by atoms with van der Waals surface area (Å²) >= 11 is 0. The summed E-state index contributed by atoms with van der Waals surface area (Å²) in [7, 11) is 0. The Labute approximate surface area is 600 Å². The van der Waals surface area contributed by atoms with Crippen molar-refractivity contribution in [3.05, 3.63) is 112 Å². The highest BCUT2D eigenvalue weighted by atomic mass is 16.6. The van der Waals surface area contributed by atoms with Gasteiger partial charge >= 0.3 is 106 Å². The van der Waals surface area contributed by atoms with E-state index in [1.165, 1.54) is 27.7 Å². The first-order valence-electron chi connectivity index (χ1n) is 32.4. The van der Waals surface area contributed by atoms with Gasteiger partial charge in [0.05, 0.1) is 129 Å². The number of carboxylic acid groups (broad SMARTS) is 1. The predicted molar refractivity (Wildman–Crippen MR) is 350 cm³/mol. The highest BCUT2D eigenvalue weighted by Crippen LogP contribution is 2.13. The van der Waals surface area contributed by atoms with E-state index in [1.54, 1.807) is 0 Å². The number of aliphatic hydroxyl groups is 3. The van der Waals surface area contributed by atoms with Crippen LogP contribution < -0.4 is 34.1 Å². The van der Waals surface area contributed by atoms with Crippen molar-refractivity contribution in [2.45, 2.75) is 155 Å². The molecule has 0 radical (unpaired) electrons. The lowest BCUT2D eigenvalue weighted by atomic mass is 10.3. The molecule has 5 rings (SSSR count). The van der Waals surface area contributed by atoms with Crippen LogP contribution in [-0.2, 0) is 163 Å². The Bertz CT molecular complexity index is 3490. The number of carbonyl (C=O) groups is 12. The lowest BCUT2D eigenvalue weighted by Gasteiger charge is -2.19. The molecule has 588 valence electrons. The zero-order valence-electron chi connectivity index (χ0n) is 58.6. The molecule has 0 spiro atoms. The van der Waals surface area contributed by atoms with Gasteiger partial charge in [-0.2, -0.15) is 0 Å². The van der Waals surface area contributed by atoms with Crippen LogP contribution in [0, 0.1) is 0 Å². The van der Waals surface area contributed by atoms with Crippen molar-refractivity contribution in [1.29, 1.82) is 0 Å². The number of rotatable bonds is 46. The van der Waals surface area contributed by atoms with Crippen LogP contribution in [0.2, 0.25) is 0 Å². The molecule has 3 aliphatic heterocycles. The van der Waals surface area contributed by atoms with E-state index in [1.807, 2.05) is 0 Å². The summed E-state index contributed by atoms with van der Waals surface area (Å²) in [6.45, 7) is 14.0. The Kier molecular flexibility index (Phi) is 38.9. The summed E-state index contributed by atoms with van der Waals surface area (Å²) in [5.41, 5.74) is -5.46. The standard InChI is InChI=1S/C42H57N3O24.C12H15N3O6.C10H14O6/c1-25(2)37(55)64-16-13-61-31(49)7-10-34(52)67-22-28(46)19-43-40(58)44(20-29(47)23-68-35(53)11-8-32(50)62-14-17-65-38(56)26(3)4)42(60)45(41(43)59)21-30(48)24-69-36(54)12-9-33(51)63-15-18-66-39(57)27(5)6;16-10-13(1-7-4-19-7)11(17)15(3-9-6-21-9)12(18)14(10)2-8-5-20-8;1-7(2)10(14)16-6-5-15-9(13)4-3-8(11)12/h28-30,46-48H,1,3,5,7-24H2,2,4,6H3;7-9H,1-6H2;1,3-6H2,2H3,(H,11,12). The molecule has 3 saturated heterocycles. The Morgan fingerprint density at radius 2 is 0.509 bits per heavy atom. The second-order valence-electron chi connectivity index (χ2n) is 23.2. The molecule has 2 aromatic rings. The summed E-state index contributed by atoms with van der Waals surface area (Å²) in [5, 5.41) is 40.3. The van der Waals surface area contributed by atoms with Crippen molar-refractivity contribution in [2.24, 2.45) is 0 Å². The lowest BCUT2D eigenvalue weighted by molar-refractivity contribution is -0.154. The first-order valence-corrected chi connectivity index (χ1v) is 32.4. The minimum atomic E-state index is -1.83. The average Bonchev–Trinajstić information content (AvgIpc) is 1.75. The molecule has 3 fully saturated rings. The number of aliphatic carboxylic acids is 1. The van der Waals surface area contributed by atoms with Gasteiger partial charge in [-0.25, -0.2) is 75.3 Å². The summed E-state index contributed by atoms with van der Waals surface area (Å²) in [5.74, 6) is -10.0. The molecule has 5 heterocycles. The number of carboxylic acids is 1. The van der Waals surface area contributed by atoms with Crippen LogP contribution in [0.3, 0.4) is 0 Å². The normalized spacial score (nSPS) is 15.0. The molecule has 6 atom stereocenters. The highest BCUT2D eigenvalue weighted by molar-refractivity contribution is 5.88. The maximum Gasteiger partial charge on any atom is 0.336 e. The number of hydrogen-bond donors (Lipinski definition) is 4. The number of carbonyl (C=O) groups excluding carboxylic acids is 11. The number of nitrogens with zero attached hydrogens (tertiary/aromatic N) is 6. The van der Waals surface area contributed by atoms with E-state index in [0.29, 0.717) is 19.8 Å². The third-order valence-electron chi connectivity index (χ3n) is 13.5. The van der Waals surface area contributed by atoms with Crippen LogP contribution in [0.15, 0.2) is 77.4 Å². The molecule has 42 heteroatoms. The van der Waals surface area contributed by atoms with Crippen molar-refractivity contribution in [1.82, 2.24) is 27.4 Å². The number of esters is 11. The van der Waals surface area contributed by atoms with E-state index in [2.05, 4.69) is 35.8 Å². The molecule has 0 aliphatic carbocycles. The number of aliphatic hydroxyl groups excluding tert-OH is 3. The first-order chi connectivity index (χ1) is 50.0. The van der Waals surface area contributed by atoms with Crippen LogP contribution in [0.4, 0.5) is 0 Å². The van der Waals surface area contributed by atoms with Crippen LogP contribution in [0.5, 0.6) is 0 Å². The van der Waals surface area contributed by atoms with Gasteiger partial charge < -0.3 is 86.7 Å². The van der Waals surface area contributed by atoms with E-state index >= 15 is 0 Å². The fourth-order valence-corrected chi connectivity index (χ4v) is 7.77. The van der Waals surface area contributed by atoms with E-state index in [0.717, 1.165) is 13.7 Å². The molecule has 2 aromatic heterocycles. The molecule has 0 aromatic carbocycles. The number of hydrogen-bond acceptors (Lipinski definition) is 35. The summed E-state index contributed by atoms with van der Waals surface area (Å²) in [4.78, 5) is 216. The Morgan fingerprint density at radius 1 is 0.330 bits per heavy atom. The minimum absolute atomic E-state index is 0.0650. The minimum Gasteiger partial charge on any atom is -0.481 e. The molecular weight excluding hydrogens is 1430 g/mol. The van der Waals surface area contributed by atoms with Crippen LogP contribution in [0.1, 0.15) is 79.1 Å². The molecule has 106 heavy (non-hydrogen) atoms. The van der Waals surface area contributed by atoms with Crippen molar-refractivity contribution >= 4 is 71.6 Å². The van der Waals surface area contributed by atoms with Crippen molar-refractivity contribution in [2.75, 3.05) is 92.5 Å². The zero-order valence-corrected chi connectivity index (χ0v) is 58.6. The Morgan fingerprint density at radius 3 is 0.698 bits per heavy atom. The molecule has 3 aliphatic rings. The van der Waals surface area contributed by atoms with Crippen molar-refractivity contribution in [3.63, 3.8) is 0 Å². The van der Waals surface area contributed by atoms with Crippen molar-refractivity contribution < 1.29 is 144 Å². The second kappa shape index (κ2) is 46.1. The average molecular weight is 1520 g/mol. The van der Waals surface area contributed by atoms with Gasteiger partial charge in [-0.1, -0.05) is 26.3 Å². The molecular formula is C64H86N6O36. The quantitative estimate of drug-likeness (QED) is 0.0159. The molecule has 42 nitrogen and oxygen atoms in total. The topological polar surface area (TPSA) is 557 Å². The van der Waals surface area contributed by atoms with Gasteiger partial charge in [0.25, 0.3) is 0 Å². The number of epoxide rings is 3. The van der Waals surface area contributed by atoms with Gasteiger partial charge in [0, 0.05) is 22.3 Å². The van der Waals surface area contributed by atoms with E-state index in [4.69, 9.17) is 61.9 Å². The first kappa shape index (κ1) is 89.4. The highest BCUT2D eigenvalue weighted by Gasteiger charge is 2.32. The maximum atomic E-state index is 13.5. The van der Waals surface area contributed by atoms with Gasteiger partial charge in [-0.15, -0.1) is 0 Å². The third-order valence-corrected chi connectivity index (χ3v) is 13.5. The summed E-state index contributed by atoms with van der Waals surface area (Å²) in [6.07, 6.45) is -9.42. The molecule has 0 amide bonds. The smallest absolute Gasteiger partial charge is 0.336 e. The van der Waals surface area contributed by atoms with Gasteiger partial charge in [-0.3, -0.25) is 38.4 Å². The Hall–Kier alpha value is -10.8. The van der Waals surface area contributed by atoms with Crippen LogP contribution >= 0.6 is 0 Å². The van der Waals surface area contributed by atoms with E-state index < -0.39 is 202 Å². The zero-order chi connectivity index (χ0) is 79.3. The SMILES string of the molecule is C=C(C)C(=O)OCCOC(=O)CCC(=O)O.C=C(C)C(=O)OCCOC(=O)CCC(=O)OCC(O)Cn1c(=O)n(CC(O)COC(=O)CCC(=O)OCCOC(=O)C(=C)C)c(=O)n(CC(O)COC(=O)CCC(=O)OCCOC(=O)C(=C)C)c1=O.O=c1n(CC2CO2)c(=O)n(CC2CO2)c(=O)n1CC1CO1. The van der Waals surface area contributed by atoms with Crippen LogP contribution in [0.25, 0.3) is 0 Å². The maximum absolute atomic E-state index is 13.5. The molecule has 0 saturated carbocycles. The van der Waals surface area contributed by atoms with Gasteiger partial charge in [0.1, 0.15) is 91.0 Å². The Balaban J connectivity index is 0.000000625. The summed E-state index contributed by atoms with van der Waals surface area (Å²) in [6, 6.07) is 0. The second-order valence-corrected chi connectivity index (χ2v) is 23.2. The third kappa shape index (κ3) is 35.6. The van der Waals surface area contributed by atoms with Gasteiger partial charge in [0.15, 0.2) is 0 Å². The molecule has 6 unspecified atom stereocenters. The van der Waals surface area contributed by atoms with Gasteiger partial charge in [-0.05, 0) is 27.7 Å². The lowest BCUT2D eigenvalue weighted by Crippen LogP contribution is -2.57. The van der Waals surface area contributed by atoms with Crippen molar-refractivity contribution in [3.8, 4) is 0 Å². The fraction of sp³-hybridized carbons (Fsp3) is 0.594. The van der Waals surface area contributed by atoms with E-state index in [-0.39, 0.29) is 140 Å². The molecule has 0 bridgehead atoms. The van der Waals surface area contributed by atoms with Gasteiger partial charge in [0.2, 0.25) is 0 Å². The predicted octanol–water partition coefficient (Wildman–Crippen LogP) is -4.91. The fourth-order valence-electron chi connectivity index (χ4n) is 7.77. The van der Waals surface area contributed by atoms with Crippen LogP contribution in [-0.4, -0.2) is 249 Å². The summed E-state index contributed by atoms with van der Waals surface area (Å²) < 4.78 is 72.1. The van der Waals surface area contributed by atoms with E-state index in [9.17, 15) is 102 Å². The number of ether oxygens (including phenoxy) is 14. The molecule has 4 N–H and O–H groups in total.